The molecule has 0 saturated heterocycles. The molecule has 0 saturated carbocycles. The Balaban J connectivity index is 1.90. The second-order valence-electron chi connectivity index (χ2n) is 5.80. The number of carbonyl (C=O) groups excluding carboxylic acids is 3. The first-order valence-corrected chi connectivity index (χ1v) is 7.93. The number of hydrogen-bond acceptors (Lipinski definition) is 4. The van der Waals surface area contributed by atoms with Crippen molar-refractivity contribution in [3.8, 4) is 5.75 Å². The Morgan fingerprint density at radius 1 is 1.00 bits per heavy atom. The third-order valence-corrected chi connectivity index (χ3v) is 3.93. The minimum Gasteiger partial charge on any atom is -0.490 e. The van der Waals surface area contributed by atoms with Crippen LogP contribution in [0.15, 0.2) is 42.5 Å². The van der Waals surface area contributed by atoms with Crippen molar-refractivity contribution < 1.29 is 19.1 Å². The number of benzene rings is 2. The Hall–Kier alpha value is -3.15. The molecule has 0 unspecified atom stereocenters. The summed E-state index contributed by atoms with van der Waals surface area (Å²) in [6.07, 6.45) is 0. The molecule has 6 heteroatoms. The van der Waals surface area contributed by atoms with E-state index in [0.717, 1.165) is 0 Å². The van der Waals surface area contributed by atoms with Gasteiger partial charge in [0.1, 0.15) is 12.4 Å². The molecule has 6 nitrogen and oxygen atoms in total. The van der Waals surface area contributed by atoms with Crippen LogP contribution in [-0.4, -0.2) is 30.7 Å². The van der Waals surface area contributed by atoms with E-state index in [1.165, 1.54) is 13.8 Å². The SMILES string of the molecule is CC(=O)Nc1ccc(C(=O)N2CCOc3ccc(C(C)=O)cc32)cc1. The number of nitrogens with one attached hydrogen (secondary N) is 1. The van der Waals surface area contributed by atoms with Gasteiger partial charge in [-0.15, -0.1) is 0 Å². The van der Waals surface area contributed by atoms with Gasteiger partial charge in [-0.1, -0.05) is 0 Å². The minimum absolute atomic E-state index is 0.0690. The van der Waals surface area contributed by atoms with Gasteiger partial charge in [-0.2, -0.15) is 0 Å². The summed E-state index contributed by atoms with van der Waals surface area (Å²) in [6.45, 7) is 3.71. The number of carbonyl (C=O) groups is 3. The third-order valence-electron chi connectivity index (χ3n) is 3.93. The first kappa shape index (κ1) is 16.7. The lowest BCUT2D eigenvalue weighted by atomic mass is 10.1. The van der Waals surface area contributed by atoms with Crippen LogP contribution >= 0.6 is 0 Å². The molecular weight excluding hydrogens is 320 g/mol. The molecule has 0 aromatic heterocycles. The molecule has 25 heavy (non-hydrogen) atoms. The molecule has 0 atom stereocenters. The van der Waals surface area contributed by atoms with E-state index >= 15 is 0 Å². The van der Waals surface area contributed by atoms with Gasteiger partial charge in [0, 0.05) is 23.7 Å². The number of anilines is 2. The maximum Gasteiger partial charge on any atom is 0.258 e. The van der Waals surface area contributed by atoms with Gasteiger partial charge in [0.25, 0.3) is 5.91 Å². The van der Waals surface area contributed by atoms with Crippen LogP contribution in [0.1, 0.15) is 34.6 Å². The fourth-order valence-corrected chi connectivity index (χ4v) is 2.70. The van der Waals surface area contributed by atoms with Gasteiger partial charge in [-0.05, 0) is 49.4 Å². The molecular formula is C19H18N2O4. The summed E-state index contributed by atoms with van der Waals surface area (Å²) in [5.41, 5.74) is 2.25. The zero-order valence-electron chi connectivity index (χ0n) is 14.0. The summed E-state index contributed by atoms with van der Waals surface area (Å²) in [6, 6.07) is 11.8. The molecule has 1 aliphatic rings. The second-order valence-corrected chi connectivity index (χ2v) is 5.80. The van der Waals surface area contributed by atoms with Crippen LogP contribution < -0.4 is 15.0 Å². The zero-order valence-corrected chi connectivity index (χ0v) is 14.0. The van der Waals surface area contributed by atoms with Crippen LogP contribution in [0.25, 0.3) is 0 Å². The number of nitrogens with zero attached hydrogens (tertiary/aromatic N) is 1. The summed E-state index contributed by atoms with van der Waals surface area (Å²) in [7, 11) is 0. The normalized spacial score (nSPS) is 12.8. The lowest BCUT2D eigenvalue weighted by Gasteiger charge is -2.30. The van der Waals surface area contributed by atoms with Crippen molar-refractivity contribution in [1.82, 2.24) is 0 Å². The maximum atomic E-state index is 12.9. The van der Waals surface area contributed by atoms with Gasteiger partial charge in [-0.25, -0.2) is 0 Å². The van der Waals surface area contributed by atoms with Crippen LogP contribution in [0.4, 0.5) is 11.4 Å². The molecule has 1 heterocycles. The van der Waals surface area contributed by atoms with Crippen molar-refractivity contribution in [3.63, 3.8) is 0 Å². The first-order valence-electron chi connectivity index (χ1n) is 7.93. The molecule has 0 spiro atoms. The predicted molar refractivity (Wildman–Crippen MR) is 94.4 cm³/mol. The van der Waals surface area contributed by atoms with Gasteiger partial charge in [0.2, 0.25) is 5.91 Å². The Bertz CT molecular complexity index is 843. The summed E-state index contributed by atoms with van der Waals surface area (Å²) in [5, 5.41) is 2.66. The summed E-state index contributed by atoms with van der Waals surface area (Å²) in [5.74, 6) is 0.164. The third kappa shape index (κ3) is 3.52. The van der Waals surface area contributed by atoms with E-state index in [-0.39, 0.29) is 17.6 Å². The van der Waals surface area contributed by atoms with Crippen molar-refractivity contribution in [2.24, 2.45) is 0 Å². The number of ether oxygens (including phenoxy) is 1. The molecule has 0 bridgehead atoms. The van der Waals surface area contributed by atoms with Crippen LogP contribution in [0.5, 0.6) is 5.75 Å². The van der Waals surface area contributed by atoms with E-state index in [1.54, 1.807) is 47.4 Å². The van der Waals surface area contributed by atoms with E-state index in [0.29, 0.717) is 41.4 Å². The highest BCUT2D eigenvalue weighted by atomic mass is 16.5. The van der Waals surface area contributed by atoms with Crippen molar-refractivity contribution in [1.29, 1.82) is 0 Å². The Morgan fingerprint density at radius 2 is 1.68 bits per heavy atom. The van der Waals surface area contributed by atoms with Crippen molar-refractivity contribution in [3.05, 3.63) is 53.6 Å². The Labute approximate surface area is 145 Å². The van der Waals surface area contributed by atoms with Gasteiger partial charge in [0.05, 0.1) is 12.2 Å². The number of fused-ring (bicyclic) bond motifs is 1. The van der Waals surface area contributed by atoms with Gasteiger partial charge in [-0.3, -0.25) is 14.4 Å². The van der Waals surface area contributed by atoms with Crippen LogP contribution in [-0.2, 0) is 4.79 Å². The molecule has 2 aromatic carbocycles. The van der Waals surface area contributed by atoms with E-state index in [1.807, 2.05) is 0 Å². The van der Waals surface area contributed by atoms with Crippen LogP contribution in [0.2, 0.25) is 0 Å². The van der Waals surface area contributed by atoms with Crippen LogP contribution in [0.3, 0.4) is 0 Å². The molecule has 0 radical (unpaired) electrons. The molecule has 2 amide bonds. The fourth-order valence-electron chi connectivity index (χ4n) is 2.70. The highest BCUT2D eigenvalue weighted by molar-refractivity contribution is 6.08. The van der Waals surface area contributed by atoms with E-state index in [4.69, 9.17) is 4.74 Å². The molecule has 3 rings (SSSR count). The average Bonchev–Trinajstić information content (AvgIpc) is 2.60. The smallest absolute Gasteiger partial charge is 0.258 e. The molecule has 0 fully saturated rings. The first-order chi connectivity index (χ1) is 12.0. The largest absolute Gasteiger partial charge is 0.490 e. The van der Waals surface area contributed by atoms with E-state index in [9.17, 15) is 14.4 Å². The van der Waals surface area contributed by atoms with Crippen molar-refractivity contribution in [2.45, 2.75) is 13.8 Å². The number of amides is 2. The number of hydrogen-bond donors (Lipinski definition) is 1. The molecule has 0 aliphatic carbocycles. The minimum atomic E-state index is -0.181. The molecule has 1 N–H and O–H groups in total. The quantitative estimate of drug-likeness (QED) is 0.873. The lowest BCUT2D eigenvalue weighted by molar-refractivity contribution is -0.114. The van der Waals surface area contributed by atoms with Crippen molar-refractivity contribution in [2.75, 3.05) is 23.4 Å². The predicted octanol–water partition coefficient (Wildman–Crippen LogP) is 2.89. The fraction of sp³-hybridized carbons (Fsp3) is 0.211. The highest BCUT2D eigenvalue weighted by Crippen LogP contribution is 2.33. The summed E-state index contributed by atoms with van der Waals surface area (Å²) < 4.78 is 5.58. The highest BCUT2D eigenvalue weighted by Gasteiger charge is 2.25. The molecule has 2 aromatic rings. The maximum absolute atomic E-state index is 12.9. The standard InChI is InChI=1S/C19H18N2O4/c1-12(22)15-5-8-18-17(11-15)21(9-10-25-18)19(24)14-3-6-16(7-4-14)20-13(2)23/h3-8,11H,9-10H2,1-2H3,(H,20,23). The van der Waals surface area contributed by atoms with Crippen LogP contribution in [0, 0.1) is 0 Å². The van der Waals surface area contributed by atoms with Gasteiger partial charge in [0.15, 0.2) is 5.78 Å². The number of ketones is 1. The Kier molecular flexibility index (Phi) is 4.52. The zero-order chi connectivity index (χ0) is 18.0. The number of rotatable bonds is 3. The van der Waals surface area contributed by atoms with Crippen molar-refractivity contribution >= 4 is 29.0 Å². The molecule has 1 aliphatic heterocycles. The molecule has 128 valence electrons. The monoisotopic (exact) mass is 338 g/mol. The Morgan fingerprint density at radius 3 is 2.32 bits per heavy atom. The average molecular weight is 338 g/mol. The van der Waals surface area contributed by atoms with E-state index < -0.39 is 0 Å². The van der Waals surface area contributed by atoms with Gasteiger partial charge >= 0.3 is 0 Å². The topological polar surface area (TPSA) is 75.7 Å². The van der Waals surface area contributed by atoms with Gasteiger partial charge < -0.3 is 15.0 Å². The summed E-state index contributed by atoms with van der Waals surface area (Å²) in [4.78, 5) is 37.2. The van der Waals surface area contributed by atoms with E-state index in [2.05, 4.69) is 5.32 Å². The summed E-state index contributed by atoms with van der Waals surface area (Å²) >= 11 is 0. The second kappa shape index (κ2) is 6.76. The lowest BCUT2D eigenvalue weighted by Crippen LogP contribution is -2.38. The number of Topliss-reactive ketones (excluding diaryl/α,β-unsaturated/α-hetero) is 1.